The van der Waals surface area contributed by atoms with E-state index in [9.17, 15) is 0 Å². The number of benzene rings is 2. The van der Waals surface area contributed by atoms with E-state index in [2.05, 4.69) is 72.3 Å². The molecule has 0 spiro atoms. The van der Waals surface area contributed by atoms with E-state index in [1.54, 1.807) is 0 Å². The Morgan fingerprint density at radius 3 is 2.50 bits per heavy atom. The average Bonchev–Trinajstić information content (AvgIpc) is 2.90. The summed E-state index contributed by atoms with van der Waals surface area (Å²) in [7, 11) is 0. The van der Waals surface area contributed by atoms with Gasteiger partial charge < -0.3 is 4.90 Å². The van der Waals surface area contributed by atoms with Gasteiger partial charge in [0.05, 0.1) is 6.54 Å². The normalized spacial score (nSPS) is 14.5. The molecule has 0 aromatic heterocycles. The average molecular weight is 264 g/mol. The van der Waals surface area contributed by atoms with Gasteiger partial charge in [-0.3, -0.25) is 4.99 Å². The molecular weight excluding hydrogens is 244 g/mol. The second-order valence-electron chi connectivity index (χ2n) is 5.42. The number of nitrogens with zero attached hydrogens (tertiary/aromatic N) is 2. The highest BCUT2D eigenvalue weighted by molar-refractivity contribution is 5.99. The predicted molar refractivity (Wildman–Crippen MR) is 84.2 cm³/mol. The number of aryl methyl sites for hydroxylation is 2. The molecule has 1 aliphatic rings. The SMILES string of the molecule is Cc1ccc(C2=NCCN2Cc2ccccc2C)cc1. The van der Waals surface area contributed by atoms with Crippen molar-refractivity contribution in [3.05, 3.63) is 70.8 Å². The molecule has 3 rings (SSSR count). The zero-order chi connectivity index (χ0) is 13.9. The van der Waals surface area contributed by atoms with Crippen LogP contribution >= 0.6 is 0 Å². The Morgan fingerprint density at radius 2 is 1.75 bits per heavy atom. The largest absolute Gasteiger partial charge is 0.350 e. The van der Waals surface area contributed by atoms with E-state index in [0.717, 1.165) is 25.5 Å². The highest BCUT2D eigenvalue weighted by Crippen LogP contribution is 2.17. The molecular formula is C18H20N2. The first-order chi connectivity index (χ1) is 9.74. The second kappa shape index (κ2) is 5.49. The lowest BCUT2D eigenvalue weighted by atomic mass is 10.1. The van der Waals surface area contributed by atoms with Gasteiger partial charge >= 0.3 is 0 Å². The van der Waals surface area contributed by atoms with Crippen LogP contribution in [0.3, 0.4) is 0 Å². The zero-order valence-electron chi connectivity index (χ0n) is 12.1. The Bertz CT molecular complexity index is 626. The van der Waals surface area contributed by atoms with Crippen LogP contribution in [0.4, 0.5) is 0 Å². The quantitative estimate of drug-likeness (QED) is 0.827. The summed E-state index contributed by atoms with van der Waals surface area (Å²) in [6, 6.07) is 17.2. The van der Waals surface area contributed by atoms with E-state index in [1.165, 1.54) is 22.3 Å². The van der Waals surface area contributed by atoms with E-state index in [0.29, 0.717) is 0 Å². The van der Waals surface area contributed by atoms with Crippen molar-refractivity contribution in [2.45, 2.75) is 20.4 Å². The first kappa shape index (κ1) is 12.9. The van der Waals surface area contributed by atoms with Crippen LogP contribution in [-0.4, -0.2) is 23.8 Å². The van der Waals surface area contributed by atoms with E-state index in [4.69, 9.17) is 0 Å². The summed E-state index contributed by atoms with van der Waals surface area (Å²) in [5, 5.41) is 0. The summed E-state index contributed by atoms with van der Waals surface area (Å²) >= 11 is 0. The maximum atomic E-state index is 4.69. The van der Waals surface area contributed by atoms with Gasteiger partial charge in [-0.25, -0.2) is 0 Å². The summed E-state index contributed by atoms with van der Waals surface area (Å²) in [4.78, 5) is 7.07. The third-order valence-corrected chi connectivity index (χ3v) is 3.86. The Hall–Kier alpha value is -2.09. The molecule has 0 bridgehead atoms. The van der Waals surface area contributed by atoms with Gasteiger partial charge in [0, 0.05) is 18.7 Å². The van der Waals surface area contributed by atoms with Crippen molar-refractivity contribution in [3.8, 4) is 0 Å². The van der Waals surface area contributed by atoms with Gasteiger partial charge in [-0.05, 0) is 25.0 Å². The van der Waals surface area contributed by atoms with E-state index in [1.807, 2.05) is 0 Å². The van der Waals surface area contributed by atoms with Crippen LogP contribution in [0.2, 0.25) is 0 Å². The predicted octanol–water partition coefficient (Wildman–Crippen LogP) is 3.57. The van der Waals surface area contributed by atoms with Gasteiger partial charge in [-0.15, -0.1) is 0 Å². The van der Waals surface area contributed by atoms with Crippen molar-refractivity contribution in [3.63, 3.8) is 0 Å². The van der Waals surface area contributed by atoms with Gasteiger partial charge in [0.2, 0.25) is 0 Å². The standard InChI is InChI=1S/C18H20N2/c1-14-7-9-16(10-8-14)18-19-11-12-20(18)13-17-6-4-3-5-15(17)2/h3-10H,11-13H2,1-2H3. The van der Waals surface area contributed by atoms with Crippen molar-refractivity contribution in [2.24, 2.45) is 4.99 Å². The Morgan fingerprint density at radius 1 is 1.00 bits per heavy atom. The molecule has 0 N–H and O–H groups in total. The molecule has 0 radical (unpaired) electrons. The molecule has 20 heavy (non-hydrogen) atoms. The van der Waals surface area contributed by atoms with Crippen LogP contribution in [0.25, 0.3) is 0 Å². The Balaban J connectivity index is 1.82. The molecule has 2 aromatic rings. The fourth-order valence-corrected chi connectivity index (χ4v) is 2.61. The molecule has 2 nitrogen and oxygen atoms in total. The molecule has 1 aliphatic heterocycles. The highest BCUT2D eigenvalue weighted by Gasteiger charge is 2.19. The lowest BCUT2D eigenvalue weighted by Crippen LogP contribution is -2.28. The van der Waals surface area contributed by atoms with Gasteiger partial charge in [0.15, 0.2) is 0 Å². The summed E-state index contributed by atoms with van der Waals surface area (Å²) in [6.45, 7) is 7.14. The number of aliphatic imine (C=N–C) groups is 1. The van der Waals surface area contributed by atoms with E-state index in [-0.39, 0.29) is 0 Å². The highest BCUT2D eigenvalue weighted by atomic mass is 15.2. The van der Waals surface area contributed by atoms with Crippen molar-refractivity contribution in [1.29, 1.82) is 0 Å². The minimum absolute atomic E-state index is 0.898. The van der Waals surface area contributed by atoms with Crippen LogP contribution in [-0.2, 0) is 6.54 Å². The third-order valence-electron chi connectivity index (χ3n) is 3.86. The van der Waals surface area contributed by atoms with Gasteiger partial charge in [0.1, 0.15) is 5.84 Å². The molecule has 0 saturated heterocycles. The number of amidine groups is 1. The lowest BCUT2D eigenvalue weighted by Gasteiger charge is -2.21. The number of hydrogen-bond donors (Lipinski definition) is 0. The maximum Gasteiger partial charge on any atom is 0.131 e. The molecule has 2 heteroatoms. The van der Waals surface area contributed by atoms with Crippen LogP contribution in [0, 0.1) is 13.8 Å². The minimum atomic E-state index is 0.898. The van der Waals surface area contributed by atoms with Crippen molar-refractivity contribution >= 4 is 5.84 Å². The third kappa shape index (κ3) is 2.60. The van der Waals surface area contributed by atoms with Crippen LogP contribution in [0.5, 0.6) is 0 Å². The first-order valence-electron chi connectivity index (χ1n) is 7.15. The van der Waals surface area contributed by atoms with Crippen molar-refractivity contribution in [2.75, 3.05) is 13.1 Å². The van der Waals surface area contributed by atoms with Crippen LogP contribution in [0.1, 0.15) is 22.3 Å². The van der Waals surface area contributed by atoms with E-state index >= 15 is 0 Å². The molecule has 0 amide bonds. The Labute approximate surface area is 120 Å². The van der Waals surface area contributed by atoms with E-state index < -0.39 is 0 Å². The summed E-state index contributed by atoms with van der Waals surface area (Å²) in [5.41, 5.74) is 5.25. The number of hydrogen-bond acceptors (Lipinski definition) is 2. The Kier molecular flexibility index (Phi) is 3.55. The molecule has 1 heterocycles. The fourth-order valence-electron chi connectivity index (χ4n) is 2.61. The van der Waals surface area contributed by atoms with Crippen molar-refractivity contribution in [1.82, 2.24) is 4.90 Å². The second-order valence-corrected chi connectivity index (χ2v) is 5.42. The lowest BCUT2D eigenvalue weighted by molar-refractivity contribution is 0.451. The smallest absolute Gasteiger partial charge is 0.131 e. The minimum Gasteiger partial charge on any atom is -0.350 e. The maximum absolute atomic E-state index is 4.69. The topological polar surface area (TPSA) is 15.6 Å². The molecule has 0 atom stereocenters. The van der Waals surface area contributed by atoms with Crippen LogP contribution < -0.4 is 0 Å². The molecule has 0 unspecified atom stereocenters. The van der Waals surface area contributed by atoms with Crippen molar-refractivity contribution < 1.29 is 0 Å². The van der Waals surface area contributed by atoms with Crippen LogP contribution in [0.15, 0.2) is 53.5 Å². The van der Waals surface area contributed by atoms with Gasteiger partial charge in [-0.2, -0.15) is 0 Å². The zero-order valence-corrected chi connectivity index (χ0v) is 12.1. The van der Waals surface area contributed by atoms with Gasteiger partial charge in [-0.1, -0.05) is 54.1 Å². The first-order valence-corrected chi connectivity index (χ1v) is 7.15. The fraction of sp³-hybridized carbons (Fsp3) is 0.278. The number of rotatable bonds is 3. The van der Waals surface area contributed by atoms with Gasteiger partial charge in [0.25, 0.3) is 0 Å². The molecule has 0 saturated carbocycles. The summed E-state index contributed by atoms with van der Waals surface area (Å²) in [6.07, 6.45) is 0. The molecule has 0 fully saturated rings. The summed E-state index contributed by atoms with van der Waals surface area (Å²) < 4.78 is 0. The molecule has 2 aromatic carbocycles. The molecule has 102 valence electrons. The summed E-state index contributed by atoms with van der Waals surface area (Å²) in [5.74, 6) is 1.13. The molecule has 0 aliphatic carbocycles. The monoisotopic (exact) mass is 264 g/mol.